The summed E-state index contributed by atoms with van der Waals surface area (Å²) in [4.78, 5) is 19.1. The van der Waals surface area contributed by atoms with Crippen LogP contribution in [-0.2, 0) is 6.42 Å². The maximum absolute atomic E-state index is 12.8. The van der Waals surface area contributed by atoms with Crippen molar-refractivity contribution in [3.05, 3.63) is 71.9 Å². The molecule has 0 saturated carbocycles. The number of hydrogen-bond donors (Lipinski definition) is 1. The molecule has 1 aromatic heterocycles. The molecule has 1 saturated heterocycles. The van der Waals surface area contributed by atoms with E-state index in [-0.39, 0.29) is 11.8 Å². The minimum atomic E-state index is -1.23. The zero-order valence-corrected chi connectivity index (χ0v) is 14.8. The van der Waals surface area contributed by atoms with Crippen LogP contribution in [0.2, 0.25) is 0 Å². The molecule has 1 amide bonds. The van der Waals surface area contributed by atoms with Crippen LogP contribution in [0.15, 0.2) is 60.8 Å². The van der Waals surface area contributed by atoms with Gasteiger partial charge in [0.2, 0.25) is 5.79 Å². The fourth-order valence-electron chi connectivity index (χ4n) is 4.24. The van der Waals surface area contributed by atoms with Gasteiger partial charge < -0.3 is 14.7 Å². The highest BCUT2D eigenvalue weighted by Gasteiger charge is 2.48. The smallest absolute Gasteiger partial charge is 0.253 e. The van der Waals surface area contributed by atoms with Crippen LogP contribution in [0.4, 0.5) is 0 Å². The molecule has 5 heteroatoms. The van der Waals surface area contributed by atoms with Crippen molar-refractivity contribution in [3.8, 4) is 5.75 Å². The van der Waals surface area contributed by atoms with Gasteiger partial charge in [-0.25, -0.2) is 0 Å². The summed E-state index contributed by atoms with van der Waals surface area (Å²) in [5, 5.41) is 12.1. The molecule has 2 unspecified atom stereocenters. The number of aliphatic hydroxyl groups is 1. The van der Waals surface area contributed by atoms with Crippen molar-refractivity contribution < 1.29 is 14.6 Å². The van der Waals surface area contributed by atoms with Crippen LogP contribution < -0.4 is 4.74 Å². The second-order valence-electron chi connectivity index (χ2n) is 7.33. The maximum atomic E-state index is 12.8. The van der Waals surface area contributed by atoms with Crippen LogP contribution in [0.3, 0.4) is 0 Å². The number of rotatable bonds is 1. The number of fused-ring (bicyclic) bond motifs is 4. The quantitative estimate of drug-likeness (QED) is 0.725. The predicted molar refractivity (Wildman–Crippen MR) is 101 cm³/mol. The van der Waals surface area contributed by atoms with Crippen LogP contribution in [0, 0.1) is 5.92 Å². The number of carbonyl (C=O) groups excluding carboxylic acids is 1. The number of benzene rings is 2. The van der Waals surface area contributed by atoms with E-state index >= 15 is 0 Å². The second-order valence-corrected chi connectivity index (χ2v) is 7.33. The molecule has 3 heterocycles. The molecule has 0 bridgehead atoms. The van der Waals surface area contributed by atoms with Gasteiger partial charge in [-0.05, 0) is 36.8 Å². The Morgan fingerprint density at radius 1 is 1.15 bits per heavy atom. The molecule has 1 N–H and O–H groups in total. The molecule has 27 heavy (non-hydrogen) atoms. The third kappa shape index (κ3) is 2.66. The lowest BCUT2D eigenvalue weighted by Gasteiger charge is -2.47. The van der Waals surface area contributed by atoms with E-state index in [4.69, 9.17) is 4.74 Å². The number of ether oxygens (including phenoxy) is 1. The number of carbonyl (C=O) groups is 1. The van der Waals surface area contributed by atoms with Crippen molar-refractivity contribution >= 4 is 16.8 Å². The van der Waals surface area contributed by atoms with Crippen LogP contribution in [0.25, 0.3) is 10.9 Å². The molecule has 5 nitrogen and oxygen atoms in total. The van der Waals surface area contributed by atoms with Crippen molar-refractivity contribution in [1.29, 1.82) is 0 Å². The van der Waals surface area contributed by atoms with Gasteiger partial charge >= 0.3 is 0 Å². The molecule has 0 radical (unpaired) electrons. The van der Waals surface area contributed by atoms with Gasteiger partial charge in [0.25, 0.3) is 5.91 Å². The lowest BCUT2D eigenvalue weighted by Crippen LogP contribution is -2.58. The molecule has 2 aliphatic heterocycles. The van der Waals surface area contributed by atoms with Crippen molar-refractivity contribution in [3.63, 3.8) is 0 Å². The van der Waals surface area contributed by atoms with Gasteiger partial charge in [0.1, 0.15) is 5.75 Å². The van der Waals surface area contributed by atoms with Gasteiger partial charge in [0.05, 0.1) is 5.52 Å². The number of nitrogens with zero attached hydrogens (tertiary/aromatic N) is 2. The predicted octanol–water partition coefficient (Wildman–Crippen LogP) is 3.02. The summed E-state index contributed by atoms with van der Waals surface area (Å²) in [6.45, 7) is 0.950. The Morgan fingerprint density at radius 2 is 2.00 bits per heavy atom. The van der Waals surface area contributed by atoms with Gasteiger partial charge in [0.15, 0.2) is 0 Å². The van der Waals surface area contributed by atoms with Crippen molar-refractivity contribution in [2.45, 2.75) is 18.6 Å². The summed E-state index contributed by atoms with van der Waals surface area (Å²) in [5.74, 6) is -0.673. The summed E-state index contributed by atoms with van der Waals surface area (Å²) < 4.78 is 6.06. The van der Waals surface area contributed by atoms with Gasteiger partial charge in [-0.15, -0.1) is 0 Å². The van der Waals surface area contributed by atoms with E-state index in [1.807, 2.05) is 59.5 Å². The lowest BCUT2D eigenvalue weighted by atomic mass is 9.81. The molecular weight excluding hydrogens is 340 g/mol. The fraction of sp³-hybridized carbons (Fsp3) is 0.273. The zero-order valence-electron chi connectivity index (χ0n) is 14.8. The second kappa shape index (κ2) is 6.06. The molecule has 5 rings (SSSR count). The molecule has 136 valence electrons. The van der Waals surface area contributed by atoms with E-state index in [1.165, 1.54) is 0 Å². The number of piperidine rings is 1. The topological polar surface area (TPSA) is 62.7 Å². The average Bonchev–Trinajstić information content (AvgIpc) is 2.71. The molecular formula is C22H20N2O3. The van der Waals surface area contributed by atoms with E-state index in [1.54, 1.807) is 6.20 Å². The van der Waals surface area contributed by atoms with Crippen molar-refractivity contribution in [1.82, 2.24) is 9.88 Å². The van der Waals surface area contributed by atoms with Crippen molar-refractivity contribution in [2.24, 2.45) is 5.92 Å². The lowest BCUT2D eigenvalue weighted by molar-refractivity contribution is -0.209. The van der Waals surface area contributed by atoms with Crippen molar-refractivity contribution in [2.75, 3.05) is 13.1 Å². The molecule has 2 aliphatic rings. The molecule has 0 aliphatic carbocycles. The Bertz CT molecular complexity index is 1020. The summed E-state index contributed by atoms with van der Waals surface area (Å²) in [6.07, 6.45) is 2.84. The Morgan fingerprint density at radius 3 is 2.85 bits per heavy atom. The standard InChI is InChI=1S/C22H20N2O3/c25-21(15-5-2-1-3-6-15)24-12-10-22(26)16(14-24)13-18-17-7-4-11-23-19(17)8-9-20(18)27-22/h1-9,11,16,26H,10,12-14H2. The third-order valence-corrected chi connectivity index (χ3v) is 5.72. The highest BCUT2D eigenvalue weighted by atomic mass is 16.6. The Balaban J connectivity index is 1.47. The number of amides is 1. The van der Waals surface area contributed by atoms with E-state index in [0.29, 0.717) is 31.5 Å². The first-order chi connectivity index (χ1) is 13.1. The highest BCUT2D eigenvalue weighted by Crippen LogP contribution is 2.43. The largest absolute Gasteiger partial charge is 0.462 e. The van der Waals surface area contributed by atoms with Crippen LogP contribution in [0.1, 0.15) is 22.3 Å². The molecule has 2 atom stereocenters. The number of hydrogen-bond acceptors (Lipinski definition) is 4. The highest BCUT2D eigenvalue weighted by molar-refractivity contribution is 5.94. The molecule has 2 aromatic carbocycles. The van der Waals surface area contributed by atoms with Crippen LogP contribution in [0.5, 0.6) is 5.75 Å². The zero-order chi connectivity index (χ0) is 18.4. The molecule has 3 aromatic rings. The maximum Gasteiger partial charge on any atom is 0.253 e. The first-order valence-electron chi connectivity index (χ1n) is 9.26. The summed E-state index contributed by atoms with van der Waals surface area (Å²) in [6, 6.07) is 17.0. The molecule has 1 fully saturated rings. The van der Waals surface area contributed by atoms with Crippen LogP contribution >= 0.6 is 0 Å². The van der Waals surface area contributed by atoms with Gasteiger partial charge in [0, 0.05) is 48.1 Å². The first kappa shape index (κ1) is 16.3. The summed E-state index contributed by atoms with van der Waals surface area (Å²) >= 11 is 0. The fourth-order valence-corrected chi connectivity index (χ4v) is 4.24. The average molecular weight is 360 g/mol. The SMILES string of the molecule is O=C(c1ccccc1)N1CCC2(O)Oc3ccc4ncccc4c3CC2C1. The van der Waals surface area contributed by atoms with E-state index in [0.717, 1.165) is 22.2 Å². The summed E-state index contributed by atoms with van der Waals surface area (Å²) in [7, 11) is 0. The van der Waals surface area contributed by atoms with E-state index < -0.39 is 5.79 Å². The molecule has 0 spiro atoms. The van der Waals surface area contributed by atoms with E-state index in [2.05, 4.69) is 4.98 Å². The number of pyridine rings is 1. The normalized spacial score (nSPS) is 24.0. The Labute approximate surface area is 157 Å². The number of likely N-dealkylation sites (tertiary alicyclic amines) is 1. The Kier molecular flexibility index (Phi) is 3.65. The van der Waals surface area contributed by atoms with Crippen LogP contribution in [-0.4, -0.2) is 39.8 Å². The van der Waals surface area contributed by atoms with E-state index in [9.17, 15) is 9.90 Å². The summed E-state index contributed by atoms with van der Waals surface area (Å²) in [5.41, 5.74) is 2.65. The number of aromatic nitrogens is 1. The van der Waals surface area contributed by atoms with Gasteiger partial charge in [-0.1, -0.05) is 24.3 Å². The van der Waals surface area contributed by atoms with Gasteiger partial charge in [-0.3, -0.25) is 9.78 Å². The monoisotopic (exact) mass is 360 g/mol. The minimum Gasteiger partial charge on any atom is -0.462 e. The minimum absolute atomic E-state index is 0.00281. The first-order valence-corrected chi connectivity index (χ1v) is 9.26. The van der Waals surface area contributed by atoms with Gasteiger partial charge in [-0.2, -0.15) is 0 Å². The Hall–Kier alpha value is -2.92. The third-order valence-electron chi connectivity index (χ3n) is 5.72.